The van der Waals surface area contributed by atoms with Crippen LogP contribution in [-0.2, 0) is 17.7 Å². The molecule has 0 bridgehead atoms. The molecule has 0 saturated carbocycles. The van der Waals surface area contributed by atoms with E-state index >= 15 is 0 Å². The maximum atomic E-state index is 9.08. The van der Waals surface area contributed by atoms with Crippen molar-refractivity contribution in [3.05, 3.63) is 35.4 Å². The number of rotatable bonds is 4. The molecule has 4 heteroatoms. The van der Waals surface area contributed by atoms with Gasteiger partial charge in [-0.3, -0.25) is 4.90 Å². The number of likely N-dealkylation sites (tertiary alicyclic amines) is 1. The van der Waals surface area contributed by atoms with Gasteiger partial charge in [0.1, 0.15) is 0 Å². The molecule has 0 amide bonds. The van der Waals surface area contributed by atoms with Crippen LogP contribution < -0.4 is 5.32 Å². The number of morpholine rings is 1. The summed E-state index contributed by atoms with van der Waals surface area (Å²) in [6.45, 7) is 9.66. The zero-order valence-electron chi connectivity index (χ0n) is 14.5. The first-order chi connectivity index (χ1) is 11.0. The Morgan fingerprint density at radius 3 is 2.61 bits per heavy atom. The lowest BCUT2D eigenvalue weighted by molar-refractivity contribution is -0.181. The second kappa shape index (κ2) is 6.89. The molecule has 2 heterocycles. The number of hydrogen-bond donors (Lipinski definition) is 2. The molecule has 2 saturated heterocycles. The Morgan fingerprint density at radius 2 is 1.91 bits per heavy atom. The highest BCUT2D eigenvalue weighted by atomic mass is 16.5. The zero-order chi connectivity index (χ0) is 16.3. The molecule has 1 aromatic carbocycles. The van der Waals surface area contributed by atoms with Gasteiger partial charge < -0.3 is 15.2 Å². The van der Waals surface area contributed by atoms with Gasteiger partial charge in [0.15, 0.2) is 0 Å². The Hall–Kier alpha value is -0.940. The van der Waals surface area contributed by atoms with Gasteiger partial charge in [0, 0.05) is 39.3 Å². The molecule has 0 radical (unpaired) electrons. The molecule has 1 aromatic rings. The molecule has 0 aliphatic carbocycles. The predicted molar refractivity (Wildman–Crippen MR) is 92.5 cm³/mol. The Kier molecular flexibility index (Phi) is 5.07. The van der Waals surface area contributed by atoms with Gasteiger partial charge in [-0.15, -0.1) is 0 Å². The van der Waals surface area contributed by atoms with Gasteiger partial charge in [-0.05, 0) is 44.2 Å². The van der Waals surface area contributed by atoms with Gasteiger partial charge in [0.25, 0.3) is 0 Å². The van der Waals surface area contributed by atoms with Crippen LogP contribution in [-0.4, -0.2) is 54.0 Å². The summed E-state index contributed by atoms with van der Waals surface area (Å²) in [6.07, 6.45) is 2.94. The molecule has 128 valence electrons. The highest BCUT2D eigenvalue weighted by molar-refractivity contribution is 5.23. The topological polar surface area (TPSA) is 44.7 Å². The van der Waals surface area contributed by atoms with Gasteiger partial charge >= 0.3 is 0 Å². The summed E-state index contributed by atoms with van der Waals surface area (Å²) in [5, 5.41) is 12.6. The molecule has 2 fully saturated rings. The van der Waals surface area contributed by atoms with E-state index in [9.17, 15) is 0 Å². The van der Waals surface area contributed by atoms with Crippen molar-refractivity contribution in [2.45, 2.75) is 50.9 Å². The fourth-order valence-electron chi connectivity index (χ4n) is 3.92. The fourth-order valence-corrected chi connectivity index (χ4v) is 3.92. The Labute approximate surface area is 139 Å². The molecule has 2 aliphatic heterocycles. The van der Waals surface area contributed by atoms with Crippen LogP contribution in [0.4, 0.5) is 0 Å². The van der Waals surface area contributed by atoms with E-state index in [1.54, 1.807) is 0 Å². The first kappa shape index (κ1) is 16.9. The number of piperidine rings is 1. The standard InChI is InChI=1S/C19H30N2O2/c1-18(2)14-20-15-19(23-18)7-9-21(10-8-19)13-17-5-3-4-16(12-17)6-11-22/h3-5,12,20,22H,6-11,13-15H2,1-2H3. The molecule has 4 nitrogen and oxygen atoms in total. The molecular formula is C19H30N2O2. The van der Waals surface area contributed by atoms with Crippen molar-refractivity contribution in [3.63, 3.8) is 0 Å². The van der Waals surface area contributed by atoms with Crippen LogP contribution in [0, 0.1) is 0 Å². The van der Waals surface area contributed by atoms with Crippen LogP contribution in [0.1, 0.15) is 37.8 Å². The molecule has 2 N–H and O–H groups in total. The minimum atomic E-state index is -0.0565. The summed E-state index contributed by atoms with van der Waals surface area (Å²) in [6, 6.07) is 8.60. The minimum absolute atomic E-state index is 0.0248. The fraction of sp³-hybridized carbons (Fsp3) is 0.684. The van der Waals surface area contributed by atoms with E-state index in [1.807, 2.05) is 0 Å². The number of hydrogen-bond acceptors (Lipinski definition) is 4. The van der Waals surface area contributed by atoms with E-state index in [4.69, 9.17) is 9.84 Å². The Balaban J connectivity index is 1.56. The predicted octanol–water partition coefficient (Wildman–Crippen LogP) is 1.95. The number of aliphatic hydroxyl groups is 1. The molecule has 0 unspecified atom stereocenters. The maximum Gasteiger partial charge on any atom is 0.0838 e. The van der Waals surface area contributed by atoms with E-state index in [0.29, 0.717) is 0 Å². The minimum Gasteiger partial charge on any atom is -0.396 e. The average molecular weight is 318 g/mol. The van der Waals surface area contributed by atoms with Crippen LogP contribution in [0.2, 0.25) is 0 Å². The number of ether oxygens (including phenoxy) is 1. The molecular weight excluding hydrogens is 288 g/mol. The van der Waals surface area contributed by atoms with Crippen LogP contribution in [0.3, 0.4) is 0 Å². The number of benzene rings is 1. The number of aliphatic hydroxyl groups excluding tert-OH is 1. The third-order valence-corrected chi connectivity index (χ3v) is 5.06. The third-order valence-electron chi connectivity index (χ3n) is 5.06. The van der Waals surface area contributed by atoms with E-state index in [-0.39, 0.29) is 17.8 Å². The number of nitrogens with one attached hydrogen (secondary N) is 1. The first-order valence-electron chi connectivity index (χ1n) is 8.82. The van der Waals surface area contributed by atoms with Crippen molar-refractivity contribution in [2.24, 2.45) is 0 Å². The van der Waals surface area contributed by atoms with Gasteiger partial charge in [-0.25, -0.2) is 0 Å². The van der Waals surface area contributed by atoms with Gasteiger partial charge in [-0.2, -0.15) is 0 Å². The van der Waals surface area contributed by atoms with Crippen LogP contribution >= 0.6 is 0 Å². The quantitative estimate of drug-likeness (QED) is 0.891. The van der Waals surface area contributed by atoms with E-state index in [0.717, 1.165) is 52.0 Å². The zero-order valence-corrected chi connectivity index (χ0v) is 14.5. The Morgan fingerprint density at radius 1 is 1.17 bits per heavy atom. The van der Waals surface area contributed by atoms with Crippen LogP contribution in [0.15, 0.2) is 24.3 Å². The lowest BCUT2D eigenvalue weighted by Gasteiger charge is -2.49. The van der Waals surface area contributed by atoms with Crippen LogP contribution in [0.25, 0.3) is 0 Å². The summed E-state index contributed by atoms with van der Waals surface area (Å²) < 4.78 is 6.43. The lowest BCUT2D eigenvalue weighted by Crippen LogP contribution is -2.61. The van der Waals surface area contributed by atoms with Crippen molar-refractivity contribution in [2.75, 3.05) is 32.8 Å². The van der Waals surface area contributed by atoms with Crippen molar-refractivity contribution < 1.29 is 9.84 Å². The SMILES string of the molecule is CC1(C)CNCC2(CCN(Cc3cccc(CCO)c3)CC2)O1. The highest BCUT2D eigenvalue weighted by Crippen LogP contribution is 2.33. The van der Waals surface area contributed by atoms with Crippen molar-refractivity contribution >= 4 is 0 Å². The molecule has 3 rings (SSSR count). The number of nitrogens with zero attached hydrogens (tertiary/aromatic N) is 1. The Bertz CT molecular complexity index is 522. The van der Waals surface area contributed by atoms with E-state index in [1.165, 1.54) is 11.1 Å². The second-order valence-corrected chi connectivity index (χ2v) is 7.72. The van der Waals surface area contributed by atoms with Gasteiger partial charge in [0.2, 0.25) is 0 Å². The van der Waals surface area contributed by atoms with E-state index in [2.05, 4.69) is 48.3 Å². The van der Waals surface area contributed by atoms with Gasteiger partial charge in [0.05, 0.1) is 11.2 Å². The smallest absolute Gasteiger partial charge is 0.0838 e. The largest absolute Gasteiger partial charge is 0.396 e. The van der Waals surface area contributed by atoms with Crippen molar-refractivity contribution in [1.82, 2.24) is 10.2 Å². The average Bonchev–Trinajstić information content (AvgIpc) is 2.50. The molecule has 23 heavy (non-hydrogen) atoms. The van der Waals surface area contributed by atoms with Crippen molar-refractivity contribution in [3.8, 4) is 0 Å². The maximum absolute atomic E-state index is 9.08. The summed E-state index contributed by atoms with van der Waals surface area (Å²) in [4.78, 5) is 2.52. The van der Waals surface area contributed by atoms with E-state index < -0.39 is 0 Å². The molecule has 2 aliphatic rings. The summed E-state index contributed by atoms with van der Waals surface area (Å²) in [5.74, 6) is 0. The summed E-state index contributed by atoms with van der Waals surface area (Å²) in [7, 11) is 0. The monoisotopic (exact) mass is 318 g/mol. The molecule has 1 spiro atoms. The third kappa shape index (κ3) is 4.32. The summed E-state index contributed by atoms with van der Waals surface area (Å²) >= 11 is 0. The normalized spacial score (nSPS) is 24.0. The van der Waals surface area contributed by atoms with Crippen LogP contribution in [0.5, 0.6) is 0 Å². The molecule has 0 atom stereocenters. The lowest BCUT2D eigenvalue weighted by atomic mass is 9.87. The molecule has 0 aromatic heterocycles. The van der Waals surface area contributed by atoms with Gasteiger partial charge in [-0.1, -0.05) is 24.3 Å². The second-order valence-electron chi connectivity index (χ2n) is 7.72. The summed E-state index contributed by atoms with van der Waals surface area (Å²) in [5.41, 5.74) is 2.53. The first-order valence-corrected chi connectivity index (χ1v) is 8.82. The highest BCUT2D eigenvalue weighted by Gasteiger charge is 2.42. The van der Waals surface area contributed by atoms with Crippen molar-refractivity contribution in [1.29, 1.82) is 0 Å².